The molecule has 2 aromatic rings. The summed E-state index contributed by atoms with van der Waals surface area (Å²) in [5.74, 6) is 1.39. The van der Waals surface area contributed by atoms with Crippen LogP contribution in [0.25, 0.3) is 0 Å². The Morgan fingerprint density at radius 3 is 2.82 bits per heavy atom. The van der Waals surface area contributed by atoms with Gasteiger partial charge < -0.3 is 10.5 Å². The van der Waals surface area contributed by atoms with Crippen LogP contribution in [0.1, 0.15) is 5.56 Å². The summed E-state index contributed by atoms with van der Waals surface area (Å²) in [6.45, 7) is 1.90. The van der Waals surface area contributed by atoms with Crippen molar-refractivity contribution in [3.63, 3.8) is 0 Å². The Labute approximate surface area is 112 Å². The van der Waals surface area contributed by atoms with Crippen molar-refractivity contribution in [1.82, 2.24) is 9.97 Å². The van der Waals surface area contributed by atoms with Gasteiger partial charge in [-0.15, -0.1) is 0 Å². The average molecular weight is 315 g/mol. The topological polar surface area (TPSA) is 61.0 Å². The van der Waals surface area contributed by atoms with Gasteiger partial charge in [0.15, 0.2) is 0 Å². The number of aromatic nitrogens is 2. The van der Waals surface area contributed by atoms with Crippen molar-refractivity contribution in [2.45, 2.75) is 6.92 Å². The highest BCUT2D eigenvalue weighted by Gasteiger charge is 2.09. The summed E-state index contributed by atoms with van der Waals surface area (Å²) in [5, 5.41) is 0.663. The minimum absolute atomic E-state index is 0.335. The Morgan fingerprint density at radius 2 is 2.12 bits per heavy atom. The Bertz CT molecular complexity index is 562. The summed E-state index contributed by atoms with van der Waals surface area (Å²) in [7, 11) is 0. The van der Waals surface area contributed by atoms with Gasteiger partial charge in [0.1, 0.15) is 22.4 Å². The number of anilines is 1. The van der Waals surface area contributed by atoms with Crippen LogP contribution in [0.15, 0.2) is 29.0 Å². The molecule has 0 amide bonds. The van der Waals surface area contributed by atoms with Crippen LogP contribution in [0.4, 0.5) is 5.82 Å². The number of ether oxygens (including phenoxy) is 1. The summed E-state index contributed by atoms with van der Waals surface area (Å²) in [5.41, 5.74) is 6.56. The molecule has 0 aliphatic heterocycles. The lowest BCUT2D eigenvalue weighted by Crippen LogP contribution is -1.97. The maximum atomic E-state index is 5.87. The lowest BCUT2D eigenvalue weighted by molar-refractivity contribution is 0.455. The number of rotatable bonds is 2. The molecule has 1 aromatic carbocycles. The molecule has 0 saturated heterocycles. The van der Waals surface area contributed by atoms with E-state index in [-0.39, 0.29) is 0 Å². The molecule has 88 valence electrons. The van der Waals surface area contributed by atoms with E-state index in [9.17, 15) is 0 Å². The SMILES string of the molecule is Cc1cc(Cl)ccc1Oc1ncnc(N)c1Br. The molecule has 0 bridgehead atoms. The smallest absolute Gasteiger partial charge is 0.238 e. The first-order valence-electron chi connectivity index (χ1n) is 4.78. The van der Waals surface area contributed by atoms with Crippen molar-refractivity contribution in [3.05, 3.63) is 39.6 Å². The lowest BCUT2D eigenvalue weighted by Gasteiger charge is -2.09. The van der Waals surface area contributed by atoms with E-state index in [2.05, 4.69) is 25.9 Å². The van der Waals surface area contributed by atoms with Gasteiger partial charge in [0, 0.05) is 5.02 Å². The Hall–Kier alpha value is -1.33. The molecule has 0 aliphatic rings. The van der Waals surface area contributed by atoms with Crippen molar-refractivity contribution in [3.8, 4) is 11.6 Å². The van der Waals surface area contributed by atoms with Crippen molar-refractivity contribution in [2.75, 3.05) is 5.73 Å². The second kappa shape index (κ2) is 4.89. The van der Waals surface area contributed by atoms with Gasteiger partial charge >= 0.3 is 0 Å². The van der Waals surface area contributed by atoms with Crippen LogP contribution in [0.3, 0.4) is 0 Å². The molecule has 1 aromatic heterocycles. The number of nitrogen functional groups attached to an aromatic ring is 1. The van der Waals surface area contributed by atoms with Gasteiger partial charge in [-0.3, -0.25) is 0 Å². The molecule has 2 rings (SSSR count). The van der Waals surface area contributed by atoms with Gasteiger partial charge in [0.05, 0.1) is 0 Å². The molecule has 4 nitrogen and oxygen atoms in total. The van der Waals surface area contributed by atoms with Gasteiger partial charge in [-0.05, 0) is 46.6 Å². The quantitative estimate of drug-likeness (QED) is 0.920. The molecular formula is C11H9BrClN3O. The van der Waals surface area contributed by atoms with E-state index in [1.54, 1.807) is 12.1 Å². The molecule has 0 saturated carbocycles. The Morgan fingerprint density at radius 1 is 1.35 bits per heavy atom. The highest BCUT2D eigenvalue weighted by Crippen LogP contribution is 2.32. The number of nitrogens with zero attached hydrogens (tertiary/aromatic N) is 2. The molecule has 0 aliphatic carbocycles. The number of nitrogens with two attached hydrogens (primary N) is 1. The maximum Gasteiger partial charge on any atom is 0.238 e. The minimum Gasteiger partial charge on any atom is -0.437 e. The Kier molecular flexibility index (Phi) is 3.49. The number of hydrogen-bond acceptors (Lipinski definition) is 4. The van der Waals surface area contributed by atoms with Gasteiger partial charge in [-0.25, -0.2) is 9.97 Å². The molecule has 0 unspecified atom stereocenters. The number of benzene rings is 1. The highest BCUT2D eigenvalue weighted by atomic mass is 79.9. The number of aryl methyl sites for hydroxylation is 1. The normalized spacial score (nSPS) is 10.3. The summed E-state index contributed by atoms with van der Waals surface area (Å²) >= 11 is 9.14. The van der Waals surface area contributed by atoms with Gasteiger partial charge in [0.25, 0.3) is 0 Å². The first kappa shape index (κ1) is 12.1. The number of hydrogen-bond donors (Lipinski definition) is 1. The first-order valence-corrected chi connectivity index (χ1v) is 5.95. The molecule has 0 fully saturated rings. The molecule has 1 heterocycles. The third kappa shape index (κ3) is 2.68. The fourth-order valence-electron chi connectivity index (χ4n) is 1.27. The first-order chi connectivity index (χ1) is 8.08. The lowest BCUT2D eigenvalue weighted by atomic mass is 10.2. The van der Waals surface area contributed by atoms with Crippen LogP contribution < -0.4 is 10.5 Å². The van der Waals surface area contributed by atoms with E-state index in [1.165, 1.54) is 6.33 Å². The molecule has 0 spiro atoms. The van der Waals surface area contributed by atoms with Crippen LogP contribution in [0.5, 0.6) is 11.6 Å². The average Bonchev–Trinajstić information content (AvgIpc) is 2.28. The monoisotopic (exact) mass is 313 g/mol. The van der Waals surface area contributed by atoms with Crippen LogP contribution >= 0.6 is 27.5 Å². The molecule has 0 radical (unpaired) electrons. The molecule has 17 heavy (non-hydrogen) atoms. The fraction of sp³-hybridized carbons (Fsp3) is 0.0909. The summed E-state index contributed by atoms with van der Waals surface area (Å²) in [6.07, 6.45) is 1.35. The van der Waals surface area contributed by atoms with Crippen LogP contribution in [0.2, 0.25) is 5.02 Å². The second-order valence-corrected chi connectivity index (χ2v) is 4.62. The van der Waals surface area contributed by atoms with Gasteiger partial charge in [0.2, 0.25) is 5.88 Å². The summed E-state index contributed by atoms with van der Waals surface area (Å²) in [4.78, 5) is 7.84. The predicted octanol–water partition coefficient (Wildman–Crippen LogP) is 3.58. The zero-order chi connectivity index (χ0) is 12.4. The van der Waals surface area contributed by atoms with E-state index in [0.29, 0.717) is 26.9 Å². The van der Waals surface area contributed by atoms with Crippen molar-refractivity contribution in [2.24, 2.45) is 0 Å². The molecule has 0 atom stereocenters. The van der Waals surface area contributed by atoms with E-state index in [0.717, 1.165) is 5.56 Å². The molecule has 2 N–H and O–H groups in total. The third-order valence-electron chi connectivity index (χ3n) is 2.13. The Balaban J connectivity index is 2.35. The van der Waals surface area contributed by atoms with Crippen molar-refractivity contribution < 1.29 is 4.74 Å². The van der Waals surface area contributed by atoms with E-state index >= 15 is 0 Å². The van der Waals surface area contributed by atoms with E-state index < -0.39 is 0 Å². The zero-order valence-corrected chi connectivity index (χ0v) is 11.3. The van der Waals surface area contributed by atoms with E-state index in [1.807, 2.05) is 13.0 Å². The van der Waals surface area contributed by atoms with E-state index in [4.69, 9.17) is 22.1 Å². The van der Waals surface area contributed by atoms with Crippen molar-refractivity contribution >= 4 is 33.3 Å². The number of halogens is 2. The summed E-state index contributed by atoms with van der Waals surface area (Å²) < 4.78 is 6.18. The second-order valence-electron chi connectivity index (χ2n) is 3.39. The fourth-order valence-corrected chi connectivity index (χ4v) is 1.78. The zero-order valence-electron chi connectivity index (χ0n) is 8.95. The van der Waals surface area contributed by atoms with Crippen LogP contribution in [-0.2, 0) is 0 Å². The minimum atomic E-state index is 0.335. The molecular weight excluding hydrogens is 305 g/mol. The van der Waals surface area contributed by atoms with Gasteiger partial charge in [-0.1, -0.05) is 11.6 Å². The standard InChI is InChI=1S/C11H9BrClN3O/c1-6-4-7(13)2-3-8(6)17-11-9(12)10(14)15-5-16-11/h2-5H,1H3,(H2,14,15,16). The summed E-state index contributed by atoms with van der Waals surface area (Å²) in [6, 6.07) is 5.35. The van der Waals surface area contributed by atoms with Crippen molar-refractivity contribution in [1.29, 1.82) is 0 Å². The van der Waals surface area contributed by atoms with Gasteiger partial charge in [-0.2, -0.15) is 0 Å². The third-order valence-corrected chi connectivity index (χ3v) is 3.11. The predicted molar refractivity (Wildman–Crippen MR) is 70.4 cm³/mol. The maximum absolute atomic E-state index is 5.87. The van der Waals surface area contributed by atoms with Crippen LogP contribution in [0, 0.1) is 6.92 Å². The largest absolute Gasteiger partial charge is 0.437 e. The highest BCUT2D eigenvalue weighted by molar-refractivity contribution is 9.10. The molecule has 6 heteroatoms. The van der Waals surface area contributed by atoms with Crippen LogP contribution in [-0.4, -0.2) is 9.97 Å².